The maximum atomic E-state index is 9.48. The van der Waals surface area contributed by atoms with E-state index in [-0.39, 0.29) is 0 Å². The van der Waals surface area contributed by atoms with E-state index in [1.165, 1.54) is 5.56 Å². The molecule has 1 aliphatic carbocycles. The molecule has 0 saturated heterocycles. The molecule has 0 aliphatic heterocycles. The van der Waals surface area contributed by atoms with Crippen LogP contribution in [0.4, 0.5) is 5.82 Å². The number of pyridine rings is 1. The summed E-state index contributed by atoms with van der Waals surface area (Å²) in [5, 5.41) is 9.48. The van der Waals surface area contributed by atoms with Gasteiger partial charge in [0.15, 0.2) is 0 Å². The van der Waals surface area contributed by atoms with Crippen molar-refractivity contribution >= 4 is 5.82 Å². The molecule has 2 heterocycles. The number of nitrogen functional groups attached to an aromatic ring is 1. The molecule has 1 atom stereocenters. The van der Waals surface area contributed by atoms with Crippen molar-refractivity contribution in [3.63, 3.8) is 0 Å². The lowest BCUT2D eigenvalue weighted by Crippen LogP contribution is -2.17. The Labute approximate surface area is 118 Å². The summed E-state index contributed by atoms with van der Waals surface area (Å²) in [5.74, 6) is 0.982. The third kappa shape index (κ3) is 1.87. The van der Waals surface area contributed by atoms with Crippen LogP contribution in [0, 0.1) is 17.2 Å². The minimum absolute atomic E-state index is 0.358. The first kappa shape index (κ1) is 12.7. The lowest BCUT2D eigenvalue weighted by atomic mass is 9.83. The smallest absolute Gasteiger partial charge is 0.142 e. The summed E-state index contributed by atoms with van der Waals surface area (Å²) < 4.78 is 2.04. The average Bonchev–Trinajstić information content (AvgIpc) is 2.84. The van der Waals surface area contributed by atoms with Gasteiger partial charge in [-0.3, -0.25) is 0 Å². The lowest BCUT2D eigenvalue weighted by Gasteiger charge is -2.25. The second-order valence-corrected chi connectivity index (χ2v) is 5.64. The molecule has 0 fully saturated rings. The minimum atomic E-state index is 0.358. The van der Waals surface area contributed by atoms with Crippen LogP contribution in [0.5, 0.6) is 0 Å². The second kappa shape index (κ2) is 4.68. The van der Waals surface area contributed by atoms with Gasteiger partial charge in [-0.05, 0) is 42.9 Å². The summed E-state index contributed by atoms with van der Waals surface area (Å²) in [5.41, 5.74) is 10.8. The molecule has 0 aromatic carbocycles. The number of aryl methyl sites for hydroxylation is 2. The van der Waals surface area contributed by atoms with Gasteiger partial charge >= 0.3 is 0 Å². The number of hydrogen-bond donors (Lipinski definition) is 1. The molecule has 4 nitrogen and oxygen atoms in total. The molecular formula is C16H18N4. The third-order valence-electron chi connectivity index (χ3n) is 4.15. The maximum Gasteiger partial charge on any atom is 0.142 e. The number of nitrogens with zero attached hydrogens (tertiary/aromatic N) is 3. The van der Waals surface area contributed by atoms with E-state index >= 15 is 0 Å². The normalized spacial score (nSPS) is 17.6. The molecule has 0 spiro atoms. The molecule has 0 unspecified atom stereocenters. The molecule has 2 aromatic rings. The van der Waals surface area contributed by atoms with Crippen molar-refractivity contribution < 1.29 is 0 Å². The van der Waals surface area contributed by atoms with Crippen LogP contribution in [-0.2, 0) is 19.9 Å². The minimum Gasteiger partial charge on any atom is -0.383 e. The highest BCUT2D eigenvalue weighted by atomic mass is 14.9. The fourth-order valence-electron chi connectivity index (χ4n) is 3.07. The monoisotopic (exact) mass is 266 g/mol. The molecule has 3 rings (SSSR count). The Morgan fingerprint density at radius 3 is 2.95 bits per heavy atom. The summed E-state index contributed by atoms with van der Waals surface area (Å²) in [7, 11) is 1.99. The van der Waals surface area contributed by atoms with Gasteiger partial charge < -0.3 is 10.3 Å². The predicted octanol–water partition coefficient (Wildman–Crippen LogP) is 2.67. The van der Waals surface area contributed by atoms with Crippen molar-refractivity contribution in [3.05, 3.63) is 35.2 Å². The quantitative estimate of drug-likeness (QED) is 0.862. The number of nitriles is 1. The number of hydrogen-bond acceptors (Lipinski definition) is 3. The van der Waals surface area contributed by atoms with Crippen LogP contribution in [0.2, 0.25) is 0 Å². The van der Waals surface area contributed by atoms with Crippen LogP contribution in [0.3, 0.4) is 0 Å². The number of anilines is 1. The van der Waals surface area contributed by atoms with E-state index in [1.807, 2.05) is 29.9 Å². The summed E-state index contributed by atoms with van der Waals surface area (Å²) in [6.45, 7) is 2.25. The van der Waals surface area contributed by atoms with Gasteiger partial charge in [-0.25, -0.2) is 4.98 Å². The molecule has 20 heavy (non-hydrogen) atoms. The van der Waals surface area contributed by atoms with E-state index in [2.05, 4.69) is 18.0 Å². The predicted molar refractivity (Wildman–Crippen MR) is 79.0 cm³/mol. The van der Waals surface area contributed by atoms with Gasteiger partial charge in [-0.1, -0.05) is 6.92 Å². The Morgan fingerprint density at radius 2 is 2.30 bits per heavy atom. The number of rotatable bonds is 1. The van der Waals surface area contributed by atoms with Crippen LogP contribution >= 0.6 is 0 Å². The van der Waals surface area contributed by atoms with Gasteiger partial charge in [-0.15, -0.1) is 0 Å². The molecular weight excluding hydrogens is 248 g/mol. The number of fused-ring (bicyclic) bond motifs is 1. The van der Waals surface area contributed by atoms with E-state index in [1.54, 1.807) is 0 Å². The van der Waals surface area contributed by atoms with E-state index in [4.69, 9.17) is 5.73 Å². The summed E-state index contributed by atoms with van der Waals surface area (Å²) in [6, 6.07) is 6.27. The average molecular weight is 266 g/mol. The first-order chi connectivity index (χ1) is 9.61. The Hall–Kier alpha value is -2.28. The molecule has 0 saturated carbocycles. The third-order valence-corrected chi connectivity index (χ3v) is 4.15. The molecule has 0 amide bonds. The topological polar surface area (TPSA) is 67.6 Å². The summed E-state index contributed by atoms with van der Waals surface area (Å²) in [6.07, 6.45) is 5.05. The molecule has 2 N–H and O–H groups in total. The van der Waals surface area contributed by atoms with Crippen LogP contribution in [-0.4, -0.2) is 9.55 Å². The number of nitrogens with two attached hydrogens (primary N) is 1. The standard InChI is InChI=1S/C16H18N4/c1-10-5-6-13-11(8-10)15(12(9-17)16(18)19-13)14-4-3-7-20(14)2/h3-4,7,10H,5-6,8H2,1-2H3,(H2,18,19)/t10-/m0/s1. The maximum absolute atomic E-state index is 9.48. The first-order valence-corrected chi connectivity index (χ1v) is 6.94. The SMILES string of the molecule is C[C@H]1CCc2nc(N)c(C#N)c(-c3cccn3C)c2C1. The molecule has 0 radical (unpaired) electrons. The van der Waals surface area contributed by atoms with Crippen molar-refractivity contribution in [1.29, 1.82) is 5.26 Å². The Morgan fingerprint density at radius 1 is 1.50 bits per heavy atom. The molecule has 0 bridgehead atoms. The van der Waals surface area contributed by atoms with Crippen molar-refractivity contribution in [2.45, 2.75) is 26.2 Å². The van der Waals surface area contributed by atoms with Crippen molar-refractivity contribution in [1.82, 2.24) is 9.55 Å². The van der Waals surface area contributed by atoms with E-state index in [9.17, 15) is 5.26 Å². The van der Waals surface area contributed by atoms with Crippen LogP contribution in [0.15, 0.2) is 18.3 Å². The summed E-state index contributed by atoms with van der Waals surface area (Å²) >= 11 is 0. The van der Waals surface area contributed by atoms with E-state index in [0.717, 1.165) is 36.2 Å². The fraction of sp³-hybridized carbons (Fsp3) is 0.375. The van der Waals surface area contributed by atoms with Gasteiger partial charge in [0.1, 0.15) is 17.5 Å². The lowest BCUT2D eigenvalue weighted by molar-refractivity contribution is 0.495. The fourth-order valence-corrected chi connectivity index (χ4v) is 3.07. The van der Waals surface area contributed by atoms with E-state index < -0.39 is 0 Å². The second-order valence-electron chi connectivity index (χ2n) is 5.64. The van der Waals surface area contributed by atoms with Crippen molar-refractivity contribution in [2.24, 2.45) is 13.0 Å². The molecule has 1 aliphatic rings. The Balaban J connectivity index is 2.33. The van der Waals surface area contributed by atoms with Gasteiger partial charge in [0.2, 0.25) is 0 Å². The Kier molecular flexibility index (Phi) is 2.98. The Bertz CT molecular complexity index is 706. The largest absolute Gasteiger partial charge is 0.383 e. The van der Waals surface area contributed by atoms with Crippen LogP contribution < -0.4 is 5.73 Å². The van der Waals surface area contributed by atoms with Crippen molar-refractivity contribution in [2.75, 3.05) is 5.73 Å². The highest BCUT2D eigenvalue weighted by molar-refractivity contribution is 5.77. The van der Waals surface area contributed by atoms with Crippen LogP contribution in [0.25, 0.3) is 11.3 Å². The zero-order valence-corrected chi connectivity index (χ0v) is 11.8. The van der Waals surface area contributed by atoms with Crippen molar-refractivity contribution in [3.8, 4) is 17.3 Å². The first-order valence-electron chi connectivity index (χ1n) is 6.94. The zero-order chi connectivity index (χ0) is 14.3. The summed E-state index contributed by atoms with van der Waals surface area (Å²) in [4.78, 5) is 4.47. The highest BCUT2D eigenvalue weighted by Crippen LogP contribution is 2.37. The highest BCUT2D eigenvalue weighted by Gasteiger charge is 2.25. The van der Waals surface area contributed by atoms with Gasteiger partial charge in [-0.2, -0.15) is 5.26 Å². The van der Waals surface area contributed by atoms with Gasteiger partial charge in [0.25, 0.3) is 0 Å². The zero-order valence-electron chi connectivity index (χ0n) is 11.8. The van der Waals surface area contributed by atoms with E-state index in [0.29, 0.717) is 17.3 Å². The molecule has 2 aromatic heterocycles. The van der Waals surface area contributed by atoms with Gasteiger partial charge in [0, 0.05) is 30.2 Å². The van der Waals surface area contributed by atoms with Gasteiger partial charge in [0.05, 0.1) is 0 Å². The van der Waals surface area contributed by atoms with Crippen LogP contribution in [0.1, 0.15) is 30.2 Å². The molecule has 4 heteroatoms. The molecule has 102 valence electrons. The number of aromatic nitrogens is 2.